The van der Waals surface area contributed by atoms with Gasteiger partial charge < -0.3 is 14.8 Å². The second-order valence-corrected chi connectivity index (χ2v) is 5.77. The maximum atomic E-state index is 12.5. The summed E-state index contributed by atoms with van der Waals surface area (Å²) in [6, 6.07) is 5.78. The van der Waals surface area contributed by atoms with E-state index in [1.165, 1.54) is 6.26 Å². The first-order valence-electron chi connectivity index (χ1n) is 7.47. The fraction of sp³-hybridized carbons (Fsp3) is 0.333. The van der Waals surface area contributed by atoms with Gasteiger partial charge in [0.05, 0.1) is 17.9 Å². The number of hydrogen-bond acceptors (Lipinski definition) is 3. The normalized spacial score (nSPS) is 12.0. The smallest absolute Gasteiger partial charge is 0.311 e. The third-order valence-electron chi connectivity index (χ3n) is 4.05. The summed E-state index contributed by atoms with van der Waals surface area (Å²) in [6.45, 7) is 7.68. The van der Waals surface area contributed by atoms with E-state index in [1.54, 1.807) is 6.92 Å². The number of rotatable bonds is 5. The lowest BCUT2D eigenvalue weighted by Gasteiger charge is -2.18. The van der Waals surface area contributed by atoms with E-state index in [2.05, 4.69) is 5.32 Å². The second kappa shape index (κ2) is 6.69. The van der Waals surface area contributed by atoms with Gasteiger partial charge >= 0.3 is 5.97 Å². The Labute approximate surface area is 135 Å². The van der Waals surface area contributed by atoms with Crippen LogP contribution in [-0.2, 0) is 11.2 Å². The third kappa shape index (κ3) is 3.62. The number of carboxylic acids is 1. The van der Waals surface area contributed by atoms with Crippen molar-refractivity contribution in [2.24, 2.45) is 0 Å². The maximum Gasteiger partial charge on any atom is 0.311 e. The van der Waals surface area contributed by atoms with Crippen LogP contribution in [-0.4, -0.2) is 17.0 Å². The number of furan rings is 1. The molecule has 0 spiro atoms. The Morgan fingerprint density at radius 1 is 1.22 bits per heavy atom. The number of carbonyl (C=O) groups is 2. The Morgan fingerprint density at radius 2 is 1.91 bits per heavy atom. The van der Waals surface area contributed by atoms with E-state index in [4.69, 9.17) is 9.52 Å². The number of aryl methyl sites for hydroxylation is 2. The number of hydrogen-bond donors (Lipinski definition) is 2. The van der Waals surface area contributed by atoms with Gasteiger partial charge in [0.25, 0.3) is 5.91 Å². The van der Waals surface area contributed by atoms with Crippen LogP contribution in [0, 0.1) is 20.8 Å². The molecule has 1 aromatic heterocycles. The molecule has 5 heteroatoms. The molecule has 0 bridgehead atoms. The fourth-order valence-electron chi connectivity index (χ4n) is 2.66. The molecule has 0 aliphatic carbocycles. The van der Waals surface area contributed by atoms with Crippen molar-refractivity contribution in [2.45, 2.75) is 40.2 Å². The Hall–Kier alpha value is -2.56. The number of carboxylic acid groups (broad SMARTS) is 1. The predicted molar refractivity (Wildman–Crippen MR) is 86.6 cm³/mol. The molecular formula is C18H21NO4. The summed E-state index contributed by atoms with van der Waals surface area (Å²) in [7, 11) is 0. The van der Waals surface area contributed by atoms with Gasteiger partial charge in [-0.25, -0.2) is 0 Å². The SMILES string of the molecule is Cc1cccc(C(C)NC(=O)c2c(C)coc2CC(=O)O)c1C. The standard InChI is InChI=1S/C18H21NO4/c1-10-6-5-7-14(12(10)3)13(4)19-18(22)17-11(2)9-23-15(17)8-16(20)21/h5-7,9,13H,8H2,1-4H3,(H,19,22)(H,20,21). The van der Waals surface area contributed by atoms with Crippen molar-refractivity contribution in [3.05, 3.63) is 58.0 Å². The van der Waals surface area contributed by atoms with Crippen molar-refractivity contribution in [1.29, 1.82) is 0 Å². The quantitative estimate of drug-likeness (QED) is 0.887. The first-order valence-corrected chi connectivity index (χ1v) is 7.47. The average molecular weight is 315 g/mol. The summed E-state index contributed by atoms with van der Waals surface area (Å²) >= 11 is 0. The van der Waals surface area contributed by atoms with E-state index >= 15 is 0 Å². The molecule has 1 atom stereocenters. The van der Waals surface area contributed by atoms with Crippen LogP contribution in [0.25, 0.3) is 0 Å². The molecule has 2 rings (SSSR count). The van der Waals surface area contributed by atoms with Crippen LogP contribution in [0.2, 0.25) is 0 Å². The van der Waals surface area contributed by atoms with Crippen LogP contribution in [0.1, 0.15) is 51.3 Å². The van der Waals surface area contributed by atoms with Gasteiger partial charge in [0.1, 0.15) is 12.2 Å². The molecule has 23 heavy (non-hydrogen) atoms. The Bertz CT molecular complexity index is 745. The zero-order chi connectivity index (χ0) is 17.1. The molecule has 0 fully saturated rings. The summed E-state index contributed by atoms with van der Waals surface area (Å²) in [4.78, 5) is 23.4. The minimum absolute atomic E-state index is 0.181. The Kier molecular flexibility index (Phi) is 4.89. The number of aliphatic carboxylic acids is 1. The van der Waals surface area contributed by atoms with Gasteiger partial charge in [-0.05, 0) is 44.4 Å². The van der Waals surface area contributed by atoms with Crippen molar-refractivity contribution >= 4 is 11.9 Å². The van der Waals surface area contributed by atoms with Gasteiger partial charge in [-0.1, -0.05) is 18.2 Å². The molecule has 1 unspecified atom stereocenters. The molecule has 1 heterocycles. The van der Waals surface area contributed by atoms with Crippen molar-refractivity contribution in [1.82, 2.24) is 5.32 Å². The van der Waals surface area contributed by atoms with Crippen molar-refractivity contribution in [2.75, 3.05) is 0 Å². The van der Waals surface area contributed by atoms with Crippen LogP contribution >= 0.6 is 0 Å². The summed E-state index contributed by atoms with van der Waals surface area (Å²) < 4.78 is 5.22. The zero-order valence-corrected chi connectivity index (χ0v) is 13.8. The van der Waals surface area contributed by atoms with Crippen molar-refractivity contribution in [3.8, 4) is 0 Å². The second-order valence-electron chi connectivity index (χ2n) is 5.77. The first-order chi connectivity index (χ1) is 10.8. The van der Waals surface area contributed by atoms with Crippen LogP contribution in [0.15, 0.2) is 28.9 Å². The highest BCUT2D eigenvalue weighted by atomic mass is 16.4. The molecule has 0 saturated carbocycles. The predicted octanol–water partition coefficient (Wildman–Crippen LogP) is 3.32. The lowest BCUT2D eigenvalue weighted by atomic mass is 9.98. The fourth-order valence-corrected chi connectivity index (χ4v) is 2.66. The molecule has 0 aliphatic heterocycles. The highest BCUT2D eigenvalue weighted by molar-refractivity contribution is 5.97. The molecule has 2 aromatic rings. The van der Waals surface area contributed by atoms with Crippen molar-refractivity contribution < 1.29 is 19.1 Å². The number of carbonyl (C=O) groups excluding carboxylic acids is 1. The highest BCUT2D eigenvalue weighted by Gasteiger charge is 2.22. The van der Waals surface area contributed by atoms with Crippen LogP contribution in [0.4, 0.5) is 0 Å². The van der Waals surface area contributed by atoms with E-state index in [9.17, 15) is 9.59 Å². The lowest BCUT2D eigenvalue weighted by Crippen LogP contribution is -2.28. The zero-order valence-electron chi connectivity index (χ0n) is 13.8. The minimum Gasteiger partial charge on any atom is -0.481 e. The Morgan fingerprint density at radius 3 is 2.57 bits per heavy atom. The van der Waals surface area contributed by atoms with Crippen LogP contribution in [0.5, 0.6) is 0 Å². The van der Waals surface area contributed by atoms with Gasteiger partial charge in [0.2, 0.25) is 0 Å². The van der Waals surface area contributed by atoms with Gasteiger partial charge in [0, 0.05) is 5.56 Å². The molecule has 0 radical (unpaired) electrons. The third-order valence-corrected chi connectivity index (χ3v) is 4.05. The van der Waals surface area contributed by atoms with Gasteiger partial charge in [-0.2, -0.15) is 0 Å². The van der Waals surface area contributed by atoms with Crippen molar-refractivity contribution in [3.63, 3.8) is 0 Å². The summed E-state index contributed by atoms with van der Waals surface area (Å²) in [6.07, 6.45) is 1.10. The van der Waals surface area contributed by atoms with Crippen LogP contribution in [0.3, 0.4) is 0 Å². The minimum atomic E-state index is -1.03. The molecule has 0 aliphatic rings. The lowest BCUT2D eigenvalue weighted by molar-refractivity contribution is -0.136. The van der Waals surface area contributed by atoms with E-state index in [0.29, 0.717) is 11.1 Å². The van der Waals surface area contributed by atoms with Gasteiger partial charge in [-0.3, -0.25) is 9.59 Å². The molecule has 2 N–H and O–H groups in total. The van der Waals surface area contributed by atoms with E-state index in [0.717, 1.165) is 16.7 Å². The molecular weight excluding hydrogens is 294 g/mol. The number of nitrogens with one attached hydrogen (secondary N) is 1. The van der Waals surface area contributed by atoms with E-state index in [-0.39, 0.29) is 24.1 Å². The average Bonchev–Trinajstić information content (AvgIpc) is 2.81. The Balaban J connectivity index is 2.24. The summed E-state index contributed by atoms with van der Waals surface area (Å²) in [5, 5.41) is 11.8. The number of benzene rings is 1. The maximum absolute atomic E-state index is 12.5. The first kappa shape index (κ1) is 16.8. The molecule has 1 aromatic carbocycles. The summed E-state index contributed by atoms with van der Waals surface area (Å²) in [5.41, 5.74) is 4.28. The topological polar surface area (TPSA) is 79.5 Å². The molecule has 0 saturated heterocycles. The number of amides is 1. The molecule has 1 amide bonds. The highest BCUT2D eigenvalue weighted by Crippen LogP contribution is 2.22. The molecule has 5 nitrogen and oxygen atoms in total. The monoisotopic (exact) mass is 315 g/mol. The summed E-state index contributed by atoms with van der Waals surface area (Å²) in [5.74, 6) is -1.17. The van der Waals surface area contributed by atoms with Gasteiger partial charge in [-0.15, -0.1) is 0 Å². The molecule has 122 valence electrons. The van der Waals surface area contributed by atoms with E-state index < -0.39 is 5.97 Å². The van der Waals surface area contributed by atoms with Gasteiger partial charge in [0.15, 0.2) is 0 Å². The largest absolute Gasteiger partial charge is 0.481 e. The van der Waals surface area contributed by atoms with Crippen LogP contribution < -0.4 is 5.32 Å². The van der Waals surface area contributed by atoms with E-state index in [1.807, 2.05) is 39.0 Å².